The van der Waals surface area contributed by atoms with Crippen molar-refractivity contribution in [2.75, 3.05) is 5.32 Å². The molecule has 204 valence electrons. The number of benzene rings is 3. The standard InChI is InChI=1S/C33H31FN2O4/c1-21(2)31-30(33(39)35-25-11-7-4-8-12-25)29(22-9-5-3-6-10-22)32(23-13-15-24(34)16-14-23)36(31)18-17-27-19-26(37)20-28(38)40-27/h3-16,19,21,27,37H,17-18,20H2,1-2H3,(H,35,39). The SMILES string of the molecule is CC(C)c1c(C(=O)Nc2ccccc2)c(-c2ccccc2)c(-c2ccc(F)cc2)n1CCC1C=C(O)CC(=O)O1. The monoisotopic (exact) mass is 538 g/mol. The number of aromatic nitrogens is 1. The number of carbonyl (C=O) groups is 2. The highest BCUT2D eigenvalue weighted by atomic mass is 19.1. The first kappa shape index (κ1) is 26.9. The van der Waals surface area contributed by atoms with Gasteiger partial charge in [-0.15, -0.1) is 0 Å². The Morgan fingerprint density at radius 1 is 1.00 bits per heavy atom. The number of hydrogen-bond acceptors (Lipinski definition) is 4. The highest BCUT2D eigenvalue weighted by Crippen LogP contribution is 2.42. The van der Waals surface area contributed by atoms with E-state index in [1.165, 1.54) is 12.1 Å². The van der Waals surface area contributed by atoms with E-state index in [9.17, 15) is 19.1 Å². The lowest BCUT2D eigenvalue weighted by atomic mass is 9.94. The van der Waals surface area contributed by atoms with Gasteiger partial charge in [0, 0.05) is 29.9 Å². The molecule has 0 saturated heterocycles. The van der Waals surface area contributed by atoms with Gasteiger partial charge in [-0.25, -0.2) is 4.39 Å². The number of halogens is 1. The Balaban J connectivity index is 1.73. The summed E-state index contributed by atoms with van der Waals surface area (Å²) < 4.78 is 21.6. The normalized spacial score (nSPS) is 15.1. The summed E-state index contributed by atoms with van der Waals surface area (Å²) in [7, 11) is 0. The number of carbonyl (C=O) groups excluding carboxylic acids is 2. The van der Waals surface area contributed by atoms with E-state index in [1.54, 1.807) is 18.2 Å². The van der Waals surface area contributed by atoms with E-state index in [1.807, 2.05) is 74.5 Å². The highest BCUT2D eigenvalue weighted by Gasteiger charge is 2.31. The Hall–Kier alpha value is -4.65. The molecule has 1 aliphatic rings. The van der Waals surface area contributed by atoms with Gasteiger partial charge >= 0.3 is 5.97 Å². The minimum atomic E-state index is -0.605. The van der Waals surface area contributed by atoms with E-state index in [0.717, 1.165) is 28.1 Å². The van der Waals surface area contributed by atoms with Crippen molar-refractivity contribution in [2.24, 2.45) is 0 Å². The van der Waals surface area contributed by atoms with Crippen LogP contribution in [0.5, 0.6) is 0 Å². The van der Waals surface area contributed by atoms with Crippen molar-refractivity contribution in [1.29, 1.82) is 0 Å². The molecule has 6 nitrogen and oxygen atoms in total. The molecule has 1 aliphatic heterocycles. The molecule has 0 aliphatic carbocycles. The molecule has 1 aromatic heterocycles. The van der Waals surface area contributed by atoms with Gasteiger partial charge in [0.15, 0.2) is 0 Å². The third-order valence-electron chi connectivity index (χ3n) is 6.91. The second-order valence-electron chi connectivity index (χ2n) is 10.1. The molecule has 1 amide bonds. The van der Waals surface area contributed by atoms with Gasteiger partial charge in [0.1, 0.15) is 24.1 Å². The van der Waals surface area contributed by atoms with E-state index in [4.69, 9.17) is 4.74 Å². The van der Waals surface area contributed by atoms with E-state index in [2.05, 4.69) is 9.88 Å². The van der Waals surface area contributed by atoms with Crippen LogP contribution in [0.1, 0.15) is 48.7 Å². The van der Waals surface area contributed by atoms with Crippen LogP contribution < -0.4 is 5.32 Å². The Morgan fingerprint density at radius 3 is 2.27 bits per heavy atom. The Labute approximate surface area is 232 Å². The summed E-state index contributed by atoms with van der Waals surface area (Å²) in [5.41, 5.74) is 5.12. The first-order chi connectivity index (χ1) is 19.3. The first-order valence-corrected chi connectivity index (χ1v) is 13.3. The third-order valence-corrected chi connectivity index (χ3v) is 6.91. The maximum Gasteiger partial charge on any atom is 0.314 e. The molecule has 0 radical (unpaired) electrons. The lowest BCUT2D eigenvalue weighted by Crippen LogP contribution is -2.24. The quantitative estimate of drug-likeness (QED) is 0.228. The minimum absolute atomic E-state index is 0.00972. The maximum absolute atomic E-state index is 14.1. The van der Waals surface area contributed by atoms with Gasteiger partial charge in [-0.1, -0.05) is 62.4 Å². The number of ether oxygens (including phenoxy) is 1. The molecule has 5 rings (SSSR count). The molecule has 0 fully saturated rings. The molecular formula is C33H31FN2O4. The van der Waals surface area contributed by atoms with Gasteiger partial charge in [-0.3, -0.25) is 9.59 Å². The number of anilines is 1. The molecule has 3 aromatic carbocycles. The zero-order chi connectivity index (χ0) is 28.2. The summed E-state index contributed by atoms with van der Waals surface area (Å²) in [4.78, 5) is 26.1. The summed E-state index contributed by atoms with van der Waals surface area (Å²) in [5, 5.41) is 13.1. The highest BCUT2D eigenvalue weighted by molar-refractivity contribution is 6.12. The number of esters is 1. The van der Waals surface area contributed by atoms with Crippen LogP contribution in [0.4, 0.5) is 10.1 Å². The van der Waals surface area contributed by atoms with Crippen molar-refractivity contribution < 1.29 is 23.8 Å². The fourth-order valence-electron chi connectivity index (χ4n) is 5.27. The number of nitrogens with one attached hydrogen (secondary N) is 1. The second kappa shape index (κ2) is 11.6. The van der Waals surface area contributed by atoms with Crippen molar-refractivity contribution in [1.82, 2.24) is 4.57 Å². The largest absolute Gasteiger partial charge is 0.512 e. The topological polar surface area (TPSA) is 80.6 Å². The van der Waals surface area contributed by atoms with Crippen molar-refractivity contribution in [3.8, 4) is 22.4 Å². The molecule has 1 unspecified atom stereocenters. The second-order valence-corrected chi connectivity index (χ2v) is 10.1. The molecule has 7 heteroatoms. The molecule has 0 bridgehead atoms. The Kier molecular flexibility index (Phi) is 7.82. The number of para-hydroxylation sites is 1. The molecule has 2 N–H and O–H groups in total. The van der Waals surface area contributed by atoms with Crippen LogP contribution in [0.3, 0.4) is 0 Å². The fraction of sp³-hybridized carbons (Fsp3) is 0.212. The smallest absolute Gasteiger partial charge is 0.314 e. The van der Waals surface area contributed by atoms with Gasteiger partial charge < -0.3 is 19.7 Å². The molecule has 40 heavy (non-hydrogen) atoms. The van der Waals surface area contributed by atoms with E-state index in [-0.39, 0.29) is 29.8 Å². The van der Waals surface area contributed by atoms with Crippen LogP contribution in [-0.2, 0) is 16.1 Å². The van der Waals surface area contributed by atoms with Crippen LogP contribution >= 0.6 is 0 Å². The zero-order valence-corrected chi connectivity index (χ0v) is 22.4. The molecule has 2 heterocycles. The third kappa shape index (κ3) is 5.69. The number of aliphatic hydroxyl groups excluding tert-OH is 1. The number of aliphatic hydroxyl groups is 1. The number of cyclic esters (lactones) is 1. The maximum atomic E-state index is 14.1. The lowest BCUT2D eigenvalue weighted by Gasteiger charge is -2.22. The number of nitrogens with zero attached hydrogens (tertiary/aromatic N) is 1. The van der Waals surface area contributed by atoms with Gasteiger partial charge in [0.2, 0.25) is 0 Å². The van der Waals surface area contributed by atoms with Gasteiger partial charge in [0.05, 0.1) is 11.3 Å². The van der Waals surface area contributed by atoms with Crippen molar-refractivity contribution in [3.63, 3.8) is 0 Å². The number of amides is 1. The number of rotatable bonds is 8. The molecule has 4 aromatic rings. The van der Waals surface area contributed by atoms with Crippen LogP contribution in [0.2, 0.25) is 0 Å². The van der Waals surface area contributed by atoms with Crippen molar-refractivity contribution >= 4 is 17.6 Å². The number of hydrogen-bond donors (Lipinski definition) is 2. The predicted molar refractivity (Wildman–Crippen MR) is 154 cm³/mol. The summed E-state index contributed by atoms with van der Waals surface area (Å²) in [6.07, 6.45) is 1.19. The van der Waals surface area contributed by atoms with Gasteiger partial charge in [-0.05, 0) is 59.5 Å². The van der Waals surface area contributed by atoms with Crippen LogP contribution in [-0.4, -0.2) is 27.7 Å². The summed E-state index contributed by atoms with van der Waals surface area (Å²) >= 11 is 0. The summed E-state index contributed by atoms with van der Waals surface area (Å²) in [6, 6.07) is 25.2. The van der Waals surface area contributed by atoms with E-state index in [0.29, 0.717) is 24.2 Å². The molecular weight excluding hydrogens is 507 g/mol. The van der Waals surface area contributed by atoms with Crippen LogP contribution in [0.15, 0.2) is 96.8 Å². The van der Waals surface area contributed by atoms with Gasteiger partial charge in [0.25, 0.3) is 5.91 Å². The van der Waals surface area contributed by atoms with E-state index < -0.39 is 12.1 Å². The average molecular weight is 539 g/mol. The predicted octanol–water partition coefficient (Wildman–Crippen LogP) is 7.48. The zero-order valence-electron chi connectivity index (χ0n) is 22.4. The van der Waals surface area contributed by atoms with Gasteiger partial charge in [-0.2, -0.15) is 0 Å². The molecule has 1 atom stereocenters. The van der Waals surface area contributed by atoms with Crippen LogP contribution in [0, 0.1) is 5.82 Å². The van der Waals surface area contributed by atoms with Crippen LogP contribution in [0.25, 0.3) is 22.4 Å². The molecule has 0 saturated carbocycles. The van der Waals surface area contributed by atoms with E-state index >= 15 is 0 Å². The Morgan fingerprint density at radius 2 is 1.65 bits per heavy atom. The first-order valence-electron chi connectivity index (χ1n) is 13.3. The molecule has 0 spiro atoms. The average Bonchev–Trinajstić information content (AvgIpc) is 3.28. The fourth-order valence-corrected chi connectivity index (χ4v) is 5.27. The van der Waals surface area contributed by atoms with Crippen molar-refractivity contribution in [2.45, 2.75) is 45.3 Å². The minimum Gasteiger partial charge on any atom is -0.512 e. The summed E-state index contributed by atoms with van der Waals surface area (Å²) in [5.74, 6) is -1.16. The Bertz CT molecular complexity index is 1540. The lowest BCUT2D eigenvalue weighted by molar-refractivity contribution is -0.148. The van der Waals surface area contributed by atoms with Crippen molar-refractivity contribution in [3.05, 3.63) is 114 Å². The summed E-state index contributed by atoms with van der Waals surface area (Å²) in [6.45, 7) is 4.45.